The fraction of sp³-hybridized carbons (Fsp3) is 0.231. The van der Waals surface area contributed by atoms with E-state index in [1.807, 2.05) is 0 Å². The van der Waals surface area contributed by atoms with Gasteiger partial charge in [0.25, 0.3) is 0 Å². The Balaban J connectivity index is 1.92. The summed E-state index contributed by atoms with van der Waals surface area (Å²) in [6.07, 6.45) is 5.14. The lowest BCUT2D eigenvalue weighted by Gasteiger charge is -2.12. The van der Waals surface area contributed by atoms with Crippen LogP contribution in [0.2, 0.25) is 0 Å². The van der Waals surface area contributed by atoms with E-state index in [2.05, 4.69) is 84.3 Å². The summed E-state index contributed by atoms with van der Waals surface area (Å²) in [5.41, 5.74) is 2.77. The Labute approximate surface area is 160 Å². The minimum absolute atomic E-state index is 1.09. The van der Waals surface area contributed by atoms with Gasteiger partial charge < -0.3 is 4.57 Å². The van der Waals surface area contributed by atoms with E-state index in [-0.39, 0.29) is 0 Å². The number of aryl methyl sites for hydroxylation is 1. The van der Waals surface area contributed by atoms with Crippen LogP contribution in [0.1, 0.15) is 32.6 Å². The van der Waals surface area contributed by atoms with E-state index >= 15 is 0 Å². The lowest BCUT2D eigenvalue weighted by atomic mass is 9.97. The smallest absolute Gasteiger partial charge is 0.0577 e. The summed E-state index contributed by atoms with van der Waals surface area (Å²) in [6.45, 7) is 3.37. The van der Waals surface area contributed by atoms with Crippen molar-refractivity contribution in [3.63, 3.8) is 0 Å². The maximum atomic E-state index is 2.58. The van der Waals surface area contributed by atoms with E-state index in [1.165, 1.54) is 69.0 Å². The Morgan fingerprint density at radius 2 is 1.19 bits per heavy atom. The highest BCUT2D eigenvalue weighted by Crippen LogP contribution is 2.40. The largest absolute Gasteiger partial charge is 0.340 e. The van der Waals surface area contributed by atoms with Gasteiger partial charge in [-0.2, -0.15) is 0 Å². The molecule has 0 aliphatic carbocycles. The van der Waals surface area contributed by atoms with Crippen LogP contribution in [0.15, 0.2) is 72.8 Å². The SMILES string of the molecule is CCCCCCn1c2ccccc2c2c3ccccc3c3ccccc3c21. The van der Waals surface area contributed by atoms with Gasteiger partial charge in [-0.1, -0.05) is 92.9 Å². The lowest BCUT2D eigenvalue weighted by Crippen LogP contribution is -1.98. The van der Waals surface area contributed by atoms with E-state index in [0.717, 1.165) is 6.54 Å². The topological polar surface area (TPSA) is 4.93 Å². The van der Waals surface area contributed by atoms with Gasteiger partial charge in [-0.25, -0.2) is 0 Å². The van der Waals surface area contributed by atoms with Crippen LogP contribution < -0.4 is 0 Å². The zero-order chi connectivity index (χ0) is 18.2. The van der Waals surface area contributed by atoms with Gasteiger partial charge in [-0.3, -0.25) is 0 Å². The number of hydrogen-bond donors (Lipinski definition) is 0. The maximum Gasteiger partial charge on any atom is 0.0577 e. The highest BCUT2D eigenvalue weighted by Gasteiger charge is 2.16. The average molecular weight is 351 g/mol. The third-order valence-corrected chi connectivity index (χ3v) is 5.87. The third-order valence-electron chi connectivity index (χ3n) is 5.87. The number of aromatic nitrogens is 1. The zero-order valence-electron chi connectivity index (χ0n) is 15.9. The van der Waals surface area contributed by atoms with Crippen LogP contribution in [0.5, 0.6) is 0 Å². The first-order valence-corrected chi connectivity index (χ1v) is 10.2. The standard InChI is InChI=1S/C26H25N/c1-2-3-4-11-18-27-24-17-10-9-16-23(24)25-21-14-7-5-12-19(21)20-13-6-8-15-22(20)26(25)27/h5-10,12-17H,2-4,11,18H2,1H3. The molecule has 0 unspecified atom stereocenters. The van der Waals surface area contributed by atoms with Gasteiger partial charge in [0.15, 0.2) is 0 Å². The first kappa shape index (κ1) is 16.4. The molecule has 5 aromatic rings. The summed E-state index contributed by atoms with van der Waals surface area (Å²) < 4.78 is 2.58. The molecule has 4 aromatic carbocycles. The molecule has 0 fully saturated rings. The monoisotopic (exact) mass is 351 g/mol. The highest BCUT2D eigenvalue weighted by molar-refractivity contribution is 6.31. The molecule has 27 heavy (non-hydrogen) atoms. The molecule has 5 rings (SSSR count). The van der Waals surface area contributed by atoms with Crippen LogP contribution in [-0.2, 0) is 6.54 Å². The maximum absolute atomic E-state index is 2.58. The molecule has 1 heterocycles. The summed E-state index contributed by atoms with van der Waals surface area (Å²) in [5.74, 6) is 0. The fourth-order valence-electron chi connectivity index (χ4n) is 4.65. The Bertz CT molecular complexity index is 1260. The van der Waals surface area contributed by atoms with Crippen molar-refractivity contribution in [2.24, 2.45) is 0 Å². The first-order valence-electron chi connectivity index (χ1n) is 10.2. The number of benzene rings is 4. The molecule has 0 saturated heterocycles. The van der Waals surface area contributed by atoms with Crippen molar-refractivity contribution in [3.8, 4) is 0 Å². The Morgan fingerprint density at radius 1 is 0.593 bits per heavy atom. The highest BCUT2D eigenvalue weighted by atomic mass is 15.0. The molecule has 0 aliphatic rings. The van der Waals surface area contributed by atoms with Crippen molar-refractivity contribution < 1.29 is 0 Å². The number of para-hydroxylation sites is 1. The summed E-state index contributed by atoms with van der Waals surface area (Å²) in [5, 5.41) is 8.25. The summed E-state index contributed by atoms with van der Waals surface area (Å²) in [4.78, 5) is 0. The molecule has 1 heteroatoms. The fourth-order valence-corrected chi connectivity index (χ4v) is 4.65. The van der Waals surface area contributed by atoms with Crippen LogP contribution in [0.3, 0.4) is 0 Å². The summed E-state index contributed by atoms with van der Waals surface area (Å²) in [7, 11) is 0. The molecule has 0 spiro atoms. The van der Waals surface area contributed by atoms with Crippen LogP contribution in [-0.4, -0.2) is 4.57 Å². The first-order chi connectivity index (χ1) is 13.4. The van der Waals surface area contributed by atoms with E-state index in [4.69, 9.17) is 0 Å². The predicted octanol–water partition coefficient (Wildman–Crippen LogP) is 7.68. The number of rotatable bonds is 5. The second kappa shape index (κ2) is 6.74. The van der Waals surface area contributed by atoms with Gasteiger partial charge in [0.2, 0.25) is 0 Å². The van der Waals surface area contributed by atoms with Crippen molar-refractivity contribution >= 4 is 43.4 Å². The molecule has 1 aromatic heterocycles. The molecular formula is C26H25N. The Hall–Kier alpha value is -2.80. The quantitative estimate of drug-likeness (QED) is 0.226. The zero-order valence-corrected chi connectivity index (χ0v) is 15.9. The Kier molecular flexibility index (Phi) is 4.09. The molecule has 1 nitrogen and oxygen atoms in total. The minimum Gasteiger partial charge on any atom is -0.340 e. The number of nitrogens with zero attached hydrogens (tertiary/aromatic N) is 1. The third kappa shape index (κ3) is 2.53. The lowest BCUT2D eigenvalue weighted by molar-refractivity contribution is 0.603. The molecule has 0 N–H and O–H groups in total. The molecular weight excluding hydrogens is 326 g/mol. The van der Waals surface area contributed by atoms with Gasteiger partial charge in [0.1, 0.15) is 0 Å². The molecule has 0 atom stereocenters. The molecule has 134 valence electrons. The average Bonchev–Trinajstić information content (AvgIpc) is 3.06. The second-order valence-corrected chi connectivity index (χ2v) is 7.54. The van der Waals surface area contributed by atoms with Gasteiger partial charge in [0.05, 0.1) is 5.52 Å². The normalized spacial score (nSPS) is 11.9. The van der Waals surface area contributed by atoms with Crippen LogP contribution >= 0.6 is 0 Å². The van der Waals surface area contributed by atoms with Crippen molar-refractivity contribution in [1.82, 2.24) is 4.57 Å². The number of hydrogen-bond acceptors (Lipinski definition) is 0. The second-order valence-electron chi connectivity index (χ2n) is 7.54. The van der Waals surface area contributed by atoms with E-state index in [1.54, 1.807) is 0 Å². The van der Waals surface area contributed by atoms with Gasteiger partial charge >= 0.3 is 0 Å². The summed E-state index contributed by atoms with van der Waals surface area (Å²) >= 11 is 0. The predicted molar refractivity (Wildman–Crippen MR) is 119 cm³/mol. The summed E-state index contributed by atoms with van der Waals surface area (Å²) in [6, 6.07) is 26.7. The van der Waals surface area contributed by atoms with Crippen molar-refractivity contribution in [1.29, 1.82) is 0 Å². The van der Waals surface area contributed by atoms with Crippen molar-refractivity contribution in [3.05, 3.63) is 72.8 Å². The van der Waals surface area contributed by atoms with E-state index in [0.29, 0.717) is 0 Å². The van der Waals surface area contributed by atoms with Gasteiger partial charge in [-0.05, 0) is 28.6 Å². The molecule has 0 radical (unpaired) electrons. The molecule has 0 amide bonds. The molecule has 0 saturated carbocycles. The molecule has 0 bridgehead atoms. The van der Waals surface area contributed by atoms with Crippen molar-refractivity contribution in [2.75, 3.05) is 0 Å². The van der Waals surface area contributed by atoms with E-state index < -0.39 is 0 Å². The minimum atomic E-state index is 1.09. The number of fused-ring (bicyclic) bond motifs is 8. The van der Waals surface area contributed by atoms with E-state index in [9.17, 15) is 0 Å². The van der Waals surface area contributed by atoms with Gasteiger partial charge in [0, 0.05) is 28.2 Å². The van der Waals surface area contributed by atoms with Crippen LogP contribution in [0, 0.1) is 0 Å². The Morgan fingerprint density at radius 3 is 1.93 bits per heavy atom. The van der Waals surface area contributed by atoms with Crippen molar-refractivity contribution in [2.45, 2.75) is 39.2 Å². The van der Waals surface area contributed by atoms with Crippen LogP contribution in [0.25, 0.3) is 43.4 Å². The van der Waals surface area contributed by atoms with Gasteiger partial charge in [-0.15, -0.1) is 0 Å². The van der Waals surface area contributed by atoms with Crippen LogP contribution in [0.4, 0.5) is 0 Å². The number of unbranched alkanes of at least 4 members (excludes halogenated alkanes) is 3. The molecule has 0 aliphatic heterocycles.